The molecule has 2 rings (SSSR count). The van der Waals surface area contributed by atoms with Crippen LogP contribution in [-0.2, 0) is 0 Å². The number of hydrogen-bond acceptors (Lipinski definition) is 2. The van der Waals surface area contributed by atoms with Crippen LogP contribution in [0.4, 0.5) is 0 Å². The Balaban J connectivity index is 1.97. The van der Waals surface area contributed by atoms with E-state index in [1.54, 1.807) is 18.2 Å². The van der Waals surface area contributed by atoms with Gasteiger partial charge in [-0.2, -0.15) is 0 Å². The summed E-state index contributed by atoms with van der Waals surface area (Å²) < 4.78 is 0.701. The molecule has 5 heteroatoms. The molecule has 1 aliphatic rings. The van der Waals surface area contributed by atoms with Gasteiger partial charge in [0, 0.05) is 21.6 Å². The lowest BCUT2D eigenvalue weighted by Crippen LogP contribution is -2.51. The Morgan fingerprint density at radius 1 is 1.37 bits per heavy atom. The molecule has 0 saturated heterocycles. The molecule has 1 aromatic carbocycles. The van der Waals surface area contributed by atoms with E-state index in [1.165, 1.54) is 6.42 Å². The highest BCUT2D eigenvalue weighted by atomic mass is 79.9. The Hall–Kier alpha value is -0.580. The Kier molecular flexibility index (Phi) is 4.87. The van der Waals surface area contributed by atoms with E-state index in [0.29, 0.717) is 21.6 Å². The van der Waals surface area contributed by atoms with Crippen LogP contribution >= 0.6 is 27.5 Å². The fraction of sp³-hybridized carbons (Fsp3) is 0.500. The molecule has 0 unspecified atom stereocenters. The minimum atomic E-state index is -0.243. The first-order chi connectivity index (χ1) is 9.00. The van der Waals surface area contributed by atoms with Crippen molar-refractivity contribution in [1.29, 1.82) is 0 Å². The first-order valence-electron chi connectivity index (χ1n) is 6.52. The van der Waals surface area contributed by atoms with Crippen molar-refractivity contribution in [3.05, 3.63) is 33.3 Å². The molecule has 0 aromatic heterocycles. The Morgan fingerprint density at radius 3 is 2.68 bits per heavy atom. The molecule has 0 heterocycles. The second kappa shape index (κ2) is 6.25. The predicted octanol–water partition coefficient (Wildman–Crippen LogP) is 3.49. The normalized spacial score (nSPS) is 18.1. The van der Waals surface area contributed by atoms with Crippen molar-refractivity contribution >= 4 is 33.4 Å². The van der Waals surface area contributed by atoms with E-state index < -0.39 is 0 Å². The Bertz CT molecular complexity index is 473. The third-order valence-electron chi connectivity index (χ3n) is 3.63. The molecule has 0 atom stereocenters. The quantitative estimate of drug-likeness (QED) is 0.881. The third-order valence-corrected chi connectivity index (χ3v) is 4.52. The SMILES string of the molecule is NC1(CNC(=O)c2ccc(Cl)cc2Br)CCCCC1. The van der Waals surface area contributed by atoms with E-state index in [2.05, 4.69) is 21.2 Å². The summed E-state index contributed by atoms with van der Waals surface area (Å²) in [5.41, 5.74) is 6.64. The second-order valence-electron chi connectivity index (χ2n) is 5.23. The van der Waals surface area contributed by atoms with Gasteiger partial charge in [-0.15, -0.1) is 0 Å². The molecule has 0 aliphatic heterocycles. The van der Waals surface area contributed by atoms with Gasteiger partial charge in [-0.05, 0) is 47.0 Å². The van der Waals surface area contributed by atoms with Crippen LogP contribution in [0.3, 0.4) is 0 Å². The summed E-state index contributed by atoms with van der Waals surface area (Å²) in [6.45, 7) is 0.529. The lowest BCUT2D eigenvalue weighted by atomic mass is 9.82. The zero-order valence-electron chi connectivity index (χ0n) is 10.7. The van der Waals surface area contributed by atoms with Crippen LogP contribution in [0.1, 0.15) is 42.5 Å². The van der Waals surface area contributed by atoms with Crippen molar-refractivity contribution in [3.8, 4) is 0 Å². The van der Waals surface area contributed by atoms with Crippen molar-refractivity contribution in [2.24, 2.45) is 5.73 Å². The summed E-state index contributed by atoms with van der Waals surface area (Å²) in [4.78, 5) is 12.1. The molecule has 3 N–H and O–H groups in total. The van der Waals surface area contributed by atoms with Gasteiger partial charge in [0.15, 0.2) is 0 Å². The number of halogens is 2. The first kappa shape index (κ1) is 14.8. The Morgan fingerprint density at radius 2 is 2.05 bits per heavy atom. The lowest BCUT2D eigenvalue weighted by molar-refractivity contribution is 0.0937. The van der Waals surface area contributed by atoms with Crippen molar-refractivity contribution in [2.75, 3.05) is 6.54 Å². The number of nitrogens with two attached hydrogens (primary N) is 1. The number of amides is 1. The summed E-state index contributed by atoms with van der Waals surface area (Å²) in [6.07, 6.45) is 5.51. The topological polar surface area (TPSA) is 55.1 Å². The summed E-state index contributed by atoms with van der Waals surface area (Å²) in [5, 5.41) is 3.54. The summed E-state index contributed by atoms with van der Waals surface area (Å²) in [7, 11) is 0. The second-order valence-corrected chi connectivity index (χ2v) is 6.52. The fourth-order valence-corrected chi connectivity index (χ4v) is 3.32. The van der Waals surface area contributed by atoms with Gasteiger partial charge in [0.1, 0.15) is 0 Å². The molecule has 3 nitrogen and oxygen atoms in total. The largest absolute Gasteiger partial charge is 0.350 e. The molecule has 0 bridgehead atoms. The van der Waals surface area contributed by atoms with Crippen LogP contribution in [0.25, 0.3) is 0 Å². The van der Waals surface area contributed by atoms with Gasteiger partial charge in [0.25, 0.3) is 5.91 Å². The average molecular weight is 346 g/mol. The zero-order chi connectivity index (χ0) is 13.9. The first-order valence-corrected chi connectivity index (χ1v) is 7.69. The van der Waals surface area contributed by atoms with Gasteiger partial charge in [0.05, 0.1) is 5.56 Å². The lowest BCUT2D eigenvalue weighted by Gasteiger charge is -2.33. The fourth-order valence-electron chi connectivity index (χ4n) is 2.46. The number of carbonyl (C=O) groups is 1. The minimum Gasteiger partial charge on any atom is -0.350 e. The number of nitrogens with one attached hydrogen (secondary N) is 1. The highest BCUT2D eigenvalue weighted by molar-refractivity contribution is 9.10. The molecule has 19 heavy (non-hydrogen) atoms. The van der Waals surface area contributed by atoms with Crippen LogP contribution in [0.5, 0.6) is 0 Å². The van der Waals surface area contributed by atoms with Gasteiger partial charge >= 0.3 is 0 Å². The molecular weight excluding hydrogens is 328 g/mol. The van der Waals surface area contributed by atoms with Gasteiger partial charge in [-0.1, -0.05) is 30.9 Å². The maximum Gasteiger partial charge on any atom is 0.252 e. The smallest absolute Gasteiger partial charge is 0.252 e. The van der Waals surface area contributed by atoms with Crippen molar-refractivity contribution in [2.45, 2.75) is 37.6 Å². The van der Waals surface area contributed by atoms with Crippen molar-refractivity contribution in [1.82, 2.24) is 5.32 Å². The monoisotopic (exact) mass is 344 g/mol. The van der Waals surface area contributed by atoms with Crippen molar-refractivity contribution < 1.29 is 4.79 Å². The zero-order valence-corrected chi connectivity index (χ0v) is 13.1. The molecule has 1 aromatic rings. The molecule has 1 amide bonds. The van der Waals surface area contributed by atoms with E-state index >= 15 is 0 Å². The third kappa shape index (κ3) is 3.94. The number of carbonyl (C=O) groups excluding carboxylic acids is 1. The molecule has 1 fully saturated rings. The van der Waals surface area contributed by atoms with Gasteiger partial charge in [-0.3, -0.25) is 4.79 Å². The van der Waals surface area contributed by atoms with E-state index in [0.717, 1.165) is 25.7 Å². The van der Waals surface area contributed by atoms with Gasteiger partial charge in [0.2, 0.25) is 0 Å². The maximum absolute atomic E-state index is 12.1. The molecule has 104 valence electrons. The maximum atomic E-state index is 12.1. The molecular formula is C14H18BrClN2O. The molecule has 0 radical (unpaired) electrons. The van der Waals surface area contributed by atoms with Crippen LogP contribution < -0.4 is 11.1 Å². The Labute approximate surface area is 127 Å². The minimum absolute atomic E-state index is 0.112. The molecule has 1 saturated carbocycles. The van der Waals surface area contributed by atoms with Gasteiger partial charge in [-0.25, -0.2) is 0 Å². The highest BCUT2D eigenvalue weighted by Crippen LogP contribution is 2.26. The highest BCUT2D eigenvalue weighted by Gasteiger charge is 2.28. The van der Waals surface area contributed by atoms with E-state index in [9.17, 15) is 4.79 Å². The molecule has 1 aliphatic carbocycles. The number of benzene rings is 1. The van der Waals surface area contributed by atoms with E-state index in [1.807, 2.05) is 0 Å². The van der Waals surface area contributed by atoms with Crippen LogP contribution in [0.15, 0.2) is 22.7 Å². The van der Waals surface area contributed by atoms with Crippen LogP contribution in [0, 0.1) is 0 Å². The predicted molar refractivity (Wildman–Crippen MR) is 81.5 cm³/mol. The summed E-state index contributed by atoms with van der Waals surface area (Å²) in [6, 6.07) is 5.14. The van der Waals surface area contributed by atoms with Crippen molar-refractivity contribution in [3.63, 3.8) is 0 Å². The average Bonchev–Trinajstić information content (AvgIpc) is 2.37. The van der Waals surface area contributed by atoms with Crippen LogP contribution in [0.2, 0.25) is 5.02 Å². The molecule has 0 spiro atoms. The number of rotatable bonds is 3. The van der Waals surface area contributed by atoms with E-state index in [4.69, 9.17) is 17.3 Å². The van der Waals surface area contributed by atoms with Crippen LogP contribution in [-0.4, -0.2) is 18.0 Å². The summed E-state index contributed by atoms with van der Waals surface area (Å²) >= 11 is 9.21. The summed E-state index contributed by atoms with van der Waals surface area (Å²) in [5.74, 6) is -0.112. The number of hydrogen-bond donors (Lipinski definition) is 2. The standard InChI is InChI=1S/C14H18BrClN2O/c15-12-8-10(16)4-5-11(12)13(19)18-9-14(17)6-2-1-3-7-14/h4-5,8H,1-3,6-7,9,17H2,(H,18,19). The van der Waals surface area contributed by atoms with Gasteiger partial charge < -0.3 is 11.1 Å². The van der Waals surface area contributed by atoms with E-state index in [-0.39, 0.29) is 11.4 Å².